The van der Waals surface area contributed by atoms with E-state index < -0.39 is 34.3 Å². The second kappa shape index (κ2) is 10.8. The summed E-state index contributed by atoms with van der Waals surface area (Å²) in [6, 6.07) is 10.0. The van der Waals surface area contributed by atoms with Crippen LogP contribution in [0, 0.1) is 12.7 Å². The van der Waals surface area contributed by atoms with E-state index in [0.717, 1.165) is 33.8 Å². The molecule has 0 aliphatic carbocycles. The Hall–Kier alpha value is -2.65. The van der Waals surface area contributed by atoms with Gasteiger partial charge in [-0.25, -0.2) is 12.8 Å². The van der Waals surface area contributed by atoms with Crippen molar-refractivity contribution < 1.29 is 22.4 Å². The van der Waals surface area contributed by atoms with Gasteiger partial charge >= 0.3 is 0 Å². The number of anilines is 1. The van der Waals surface area contributed by atoms with Crippen molar-refractivity contribution in [3.63, 3.8) is 0 Å². The molecule has 2 aromatic rings. The molecule has 10 heteroatoms. The first kappa shape index (κ1) is 25.6. The summed E-state index contributed by atoms with van der Waals surface area (Å²) in [7, 11) is -3.91. The molecule has 174 valence electrons. The number of nitrogens with zero attached hydrogens (tertiary/aromatic N) is 2. The predicted molar refractivity (Wildman–Crippen MR) is 123 cm³/mol. The van der Waals surface area contributed by atoms with Crippen LogP contribution in [0.1, 0.15) is 25.0 Å². The molecule has 0 fully saturated rings. The van der Waals surface area contributed by atoms with Crippen molar-refractivity contribution in [3.05, 3.63) is 64.4 Å². The molecule has 32 heavy (non-hydrogen) atoms. The number of halogens is 2. The van der Waals surface area contributed by atoms with Crippen LogP contribution in [0.15, 0.2) is 42.5 Å². The molecular formula is C22H27ClFN3O4S. The van der Waals surface area contributed by atoms with Gasteiger partial charge in [0.2, 0.25) is 21.8 Å². The Morgan fingerprint density at radius 3 is 2.44 bits per heavy atom. The van der Waals surface area contributed by atoms with Crippen LogP contribution < -0.4 is 9.62 Å². The quantitative estimate of drug-likeness (QED) is 0.593. The molecule has 0 spiro atoms. The third kappa shape index (κ3) is 6.67. The lowest BCUT2D eigenvalue weighted by Gasteiger charge is -2.31. The first-order valence-electron chi connectivity index (χ1n) is 9.99. The first-order chi connectivity index (χ1) is 14.9. The van der Waals surface area contributed by atoms with Gasteiger partial charge in [0.1, 0.15) is 18.4 Å². The molecule has 0 saturated carbocycles. The zero-order chi connectivity index (χ0) is 24.1. The second-order valence-corrected chi connectivity index (χ2v) is 9.76. The fraction of sp³-hybridized carbons (Fsp3) is 0.364. The van der Waals surface area contributed by atoms with E-state index in [2.05, 4.69) is 5.32 Å². The first-order valence-corrected chi connectivity index (χ1v) is 12.2. The summed E-state index contributed by atoms with van der Waals surface area (Å²) in [4.78, 5) is 27.1. The van der Waals surface area contributed by atoms with Gasteiger partial charge in [0.25, 0.3) is 0 Å². The monoisotopic (exact) mass is 483 g/mol. The van der Waals surface area contributed by atoms with Gasteiger partial charge in [-0.05, 0) is 44.5 Å². The Kier molecular flexibility index (Phi) is 8.63. The van der Waals surface area contributed by atoms with E-state index in [1.165, 1.54) is 11.0 Å². The number of likely N-dealkylation sites (N-methyl/N-ethyl adjacent to an activating group) is 1. The van der Waals surface area contributed by atoms with E-state index in [0.29, 0.717) is 6.54 Å². The highest BCUT2D eigenvalue weighted by Gasteiger charge is 2.30. The number of benzene rings is 2. The molecule has 0 radical (unpaired) electrons. The molecule has 1 unspecified atom stereocenters. The van der Waals surface area contributed by atoms with Gasteiger partial charge in [-0.15, -0.1) is 0 Å². The van der Waals surface area contributed by atoms with E-state index in [-0.39, 0.29) is 23.2 Å². The molecule has 1 N–H and O–H groups in total. The van der Waals surface area contributed by atoms with Crippen molar-refractivity contribution in [1.29, 1.82) is 0 Å². The highest BCUT2D eigenvalue weighted by molar-refractivity contribution is 7.92. The summed E-state index contributed by atoms with van der Waals surface area (Å²) < 4.78 is 39.3. The fourth-order valence-corrected chi connectivity index (χ4v) is 4.18. The molecule has 0 saturated heterocycles. The minimum Gasteiger partial charge on any atom is -0.355 e. The van der Waals surface area contributed by atoms with Crippen molar-refractivity contribution in [2.24, 2.45) is 0 Å². The summed E-state index contributed by atoms with van der Waals surface area (Å²) in [5.74, 6) is -1.65. The highest BCUT2D eigenvalue weighted by atomic mass is 35.5. The van der Waals surface area contributed by atoms with Crippen LogP contribution in [0.3, 0.4) is 0 Å². The predicted octanol–water partition coefficient (Wildman–Crippen LogP) is 3.11. The third-order valence-corrected chi connectivity index (χ3v) is 6.25. The van der Waals surface area contributed by atoms with Crippen LogP contribution in [0.2, 0.25) is 5.02 Å². The summed E-state index contributed by atoms with van der Waals surface area (Å²) in [6.07, 6.45) is 0.940. The summed E-state index contributed by atoms with van der Waals surface area (Å²) >= 11 is 5.81. The SMILES string of the molecule is CCNC(=O)C(C)N(Cc1cccc(C)c1)C(=O)CN(c1ccc(F)c(Cl)c1)S(C)(=O)=O. The fourth-order valence-electron chi connectivity index (χ4n) is 3.17. The minimum absolute atomic E-state index is 0.0495. The number of hydrogen-bond donors (Lipinski definition) is 1. The number of nitrogens with one attached hydrogen (secondary N) is 1. The van der Waals surface area contributed by atoms with Crippen LogP contribution in [-0.2, 0) is 26.2 Å². The van der Waals surface area contributed by atoms with Gasteiger partial charge < -0.3 is 10.2 Å². The lowest BCUT2D eigenvalue weighted by Crippen LogP contribution is -2.51. The normalized spacial score (nSPS) is 12.2. The van der Waals surface area contributed by atoms with Gasteiger partial charge in [0.15, 0.2) is 0 Å². The number of aryl methyl sites for hydroxylation is 1. The molecule has 0 aromatic heterocycles. The average Bonchev–Trinajstić information content (AvgIpc) is 2.71. The van der Waals surface area contributed by atoms with E-state index in [4.69, 9.17) is 11.6 Å². The van der Waals surface area contributed by atoms with E-state index in [1.54, 1.807) is 13.8 Å². The Bertz CT molecular complexity index is 1090. The number of carbonyl (C=O) groups is 2. The van der Waals surface area contributed by atoms with Crippen LogP contribution in [-0.4, -0.2) is 50.5 Å². The van der Waals surface area contributed by atoms with Crippen molar-refractivity contribution in [3.8, 4) is 0 Å². The number of amides is 2. The Morgan fingerprint density at radius 2 is 1.88 bits per heavy atom. The van der Waals surface area contributed by atoms with Crippen molar-refractivity contribution in [2.75, 3.05) is 23.7 Å². The largest absolute Gasteiger partial charge is 0.355 e. The average molecular weight is 484 g/mol. The van der Waals surface area contributed by atoms with Gasteiger partial charge in [-0.2, -0.15) is 0 Å². The Morgan fingerprint density at radius 1 is 1.19 bits per heavy atom. The summed E-state index contributed by atoms with van der Waals surface area (Å²) in [6.45, 7) is 5.18. The van der Waals surface area contributed by atoms with Crippen LogP contribution >= 0.6 is 11.6 Å². The smallest absolute Gasteiger partial charge is 0.244 e. The maximum atomic E-state index is 13.6. The van der Waals surface area contributed by atoms with Gasteiger partial charge in [-0.1, -0.05) is 41.4 Å². The topological polar surface area (TPSA) is 86.8 Å². The molecule has 0 bridgehead atoms. The van der Waals surface area contributed by atoms with Crippen LogP contribution in [0.25, 0.3) is 0 Å². The van der Waals surface area contributed by atoms with E-state index in [9.17, 15) is 22.4 Å². The summed E-state index contributed by atoms with van der Waals surface area (Å²) in [5, 5.41) is 2.42. The number of carbonyl (C=O) groups excluding carboxylic acids is 2. The molecule has 7 nitrogen and oxygen atoms in total. The number of sulfonamides is 1. The highest BCUT2D eigenvalue weighted by Crippen LogP contribution is 2.25. The van der Waals surface area contributed by atoms with Crippen molar-refractivity contribution in [2.45, 2.75) is 33.4 Å². The minimum atomic E-state index is -3.91. The molecular weight excluding hydrogens is 457 g/mol. The zero-order valence-electron chi connectivity index (χ0n) is 18.4. The summed E-state index contributed by atoms with van der Waals surface area (Å²) in [5.41, 5.74) is 1.83. The zero-order valence-corrected chi connectivity index (χ0v) is 20.0. The second-order valence-electron chi connectivity index (χ2n) is 7.45. The standard InChI is InChI=1S/C22H27ClFN3O4S/c1-5-25-22(29)16(3)26(13-17-8-6-7-15(2)11-17)21(28)14-27(32(4,30)31)18-9-10-20(24)19(23)12-18/h6-12,16H,5,13-14H2,1-4H3,(H,25,29). The third-order valence-electron chi connectivity index (χ3n) is 4.82. The maximum absolute atomic E-state index is 13.6. The Labute approximate surface area is 193 Å². The molecule has 1 atom stereocenters. The molecule has 2 rings (SSSR count). The van der Waals surface area contributed by atoms with Crippen LogP contribution in [0.4, 0.5) is 10.1 Å². The van der Waals surface area contributed by atoms with E-state index in [1.807, 2.05) is 31.2 Å². The maximum Gasteiger partial charge on any atom is 0.244 e. The molecule has 0 aliphatic rings. The number of hydrogen-bond acceptors (Lipinski definition) is 4. The molecule has 2 aromatic carbocycles. The number of rotatable bonds is 9. The lowest BCUT2D eigenvalue weighted by molar-refractivity contribution is -0.139. The molecule has 0 heterocycles. The van der Waals surface area contributed by atoms with Crippen LogP contribution in [0.5, 0.6) is 0 Å². The van der Waals surface area contributed by atoms with Gasteiger partial charge in [-0.3, -0.25) is 13.9 Å². The Balaban J connectivity index is 2.40. The van der Waals surface area contributed by atoms with Crippen molar-refractivity contribution in [1.82, 2.24) is 10.2 Å². The lowest BCUT2D eigenvalue weighted by atomic mass is 10.1. The molecule has 2 amide bonds. The molecule has 0 aliphatic heterocycles. The van der Waals surface area contributed by atoms with Gasteiger partial charge in [0.05, 0.1) is 17.0 Å². The van der Waals surface area contributed by atoms with Gasteiger partial charge in [0, 0.05) is 13.1 Å². The van der Waals surface area contributed by atoms with Crippen molar-refractivity contribution >= 4 is 39.1 Å². The van der Waals surface area contributed by atoms with E-state index >= 15 is 0 Å².